The first kappa shape index (κ1) is 23.3. The monoisotopic (exact) mass is 544 g/mol. The minimum atomic E-state index is -2.57. The summed E-state index contributed by atoms with van der Waals surface area (Å²) in [6.07, 6.45) is 1.66. The van der Waals surface area contributed by atoms with Crippen molar-refractivity contribution in [2.45, 2.75) is 14.8 Å². The second kappa shape index (κ2) is 9.40. The predicted octanol–water partition coefficient (Wildman–Crippen LogP) is 5.07. The number of methoxy groups -OCH3 is 1. The molecule has 0 bridgehead atoms. The van der Waals surface area contributed by atoms with Crippen LogP contribution in [0.25, 0.3) is 0 Å². The number of carbonyl (C=O) groups is 2. The van der Waals surface area contributed by atoms with Crippen molar-refractivity contribution in [3.8, 4) is 0 Å². The van der Waals surface area contributed by atoms with E-state index in [1.54, 1.807) is 24.4 Å². The van der Waals surface area contributed by atoms with Gasteiger partial charge in [-0.1, -0.05) is 11.6 Å². The van der Waals surface area contributed by atoms with Crippen LogP contribution in [0.5, 0.6) is 0 Å². The summed E-state index contributed by atoms with van der Waals surface area (Å²) in [7, 11) is 3.28. The number of nitrogens with zero attached hydrogens (tertiary/aromatic N) is 2. The molecule has 0 unspecified atom stereocenters. The maximum atomic E-state index is 13.0. The van der Waals surface area contributed by atoms with Crippen LogP contribution >= 0.6 is 11.6 Å². The van der Waals surface area contributed by atoms with Crippen LogP contribution in [0.4, 0.5) is 11.4 Å². The molecule has 1 aromatic heterocycles. The summed E-state index contributed by atoms with van der Waals surface area (Å²) in [5.41, 5.74) is 3.01. The third kappa shape index (κ3) is 5.28. The predicted molar refractivity (Wildman–Crippen MR) is 128 cm³/mol. The SMILES string of the molecule is COC(=O)c1cc(C(=O)c2ccc(N(C)c3ccc(Cl)cc3)cn2)cc[c]1[Sn]([CH3])([CH3])[CH3]. The molecule has 1 heterocycles. The molecule has 0 amide bonds. The number of halogens is 1. The van der Waals surface area contributed by atoms with Crippen molar-refractivity contribution < 1.29 is 14.3 Å². The summed E-state index contributed by atoms with van der Waals surface area (Å²) in [6, 6.07) is 16.3. The standard InChI is InChI=1S/C21H16ClN2O3.3CH3.Sn/c1-24(17-8-6-16(22)7-9-17)18-10-11-19(23-13-18)20(25)14-4-3-5-15(12-14)21(26)27-2;;;;/h3-4,6-13H,1-2H3;3*1H3;. The number of ether oxygens (including phenoxy) is 1. The van der Waals surface area contributed by atoms with Crippen molar-refractivity contribution in [2.75, 3.05) is 19.1 Å². The van der Waals surface area contributed by atoms with E-state index in [0.29, 0.717) is 21.8 Å². The van der Waals surface area contributed by atoms with Crippen LogP contribution in [-0.2, 0) is 4.74 Å². The van der Waals surface area contributed by atoms with E-state index in [9.17, 15) is 9.59 Å². The van der Waals surface area contributed by atoms with Gasteiger partial charge in [0.1, 0.15) is 0 Å². The third-order valence-corrected chi connectivity index (χ3v) is 11.2. The van der Waals surface area contributed by atoms with Crippen molar-refractivity contribution in [2.24, 2.45) is 0 Å². The number of aromatic nitrogens is 1. The first-order valence-corrected chi connectivity index (χ1v) is 20.2. The van der Waals surface area contributed by atoms with Gasteiger partial charge in [-0.25, -0.2) is 0 Å². The molecule has 3 aromatic rings. The molecular weight excluding hydrogens is 518 g/mol. The topological polar surface area (TPSA) is 59.5 Å². The summed E-state index contributed by atoms with van der Waals surface area (Å²) in [6.45, 7) is 0. The average molecular weight is 544 g/mol. The van der Waals surface area contributed by atoms with Crippen molar-refractivity contribution in [3.63, 3.8) is 0 Å². The zero-order valence-corrected chi connectivity index (χ0v) is 21.9. The molecule has 0 spiro atoms. The molecule has 0 atom stereocenters. The Bertz CT molecular complexity index is 1110. The van der Waals surface area contributed by atoms with E-state index in [4.69, 9.17) is 16.3 Å². The Morgan fingerprint density at radius 3 is 2.16 bits per heavy atom. The van der Waals surface area contributed by atoms with Crippen LogP contribution in [0.1, 0.15) is 26.4 Å². The number of benzene rings is 2. The molecule has 3 rings (SSSR count). The number of carbonyl (C=O) groups excluding carboxylic acids is 2. The summed E-state index contributed by atoms with van der Waals surface area (Å²) in [5, 5.41) is 0.670. The molecule has 160 valence electrons. The number of rotatable bonds is 6. The molecule has 5 nitrogen and oxygen atoms in total. The Hall–Kier alpha value is -2.38. The molecule has 2 aromatic carbocycles. The van der Waals surface area contributed by atoms with Crippen LogP contribution in [0.2, 0.25) is 19.8 Å². The third-order valence-electron chi connectivity index (χ3n) is 5.08. The summed E-state index contributed by atoms with van der Waals surface area (Å²) < 4.78 is 5.99. The number of ketones is 1. The van der Waals surface area contributed by atoms with Gasteiger partial charge in [0, 0.05) is 5.02 Å². The summed E-state index contributed by atoms with van der Waals surface area (Å²) in [4.78, 5) is 38.3. The van der Waals surface area contributed by atoms with Gasteiger partial charge in [-0.15, -0.1) is 0 Å². The Labute approximate surface area is 191 Å². The Morgan fingerprint density at radius 1 is 0.968 bits per heavy atom. The fourth-order valence-corrected chi connectivity index (χ4v) is 7.89. The number of esters is 1. The Morgan fingerprint density at radius 2 is 1.61 bits per heavy atom. The van der Waals surface area contributed by atoms with Crippen LogP contribution in [0.3, 0.4) is 0 Å². The molecular formula is C24H25ClN2O3Sn. The molecule has 0 radical (unpaired) electrons. The van der Waals surface area contributed by atoms with Gasteiger partial charge in [-0.2, -0.15) is 0 Å². The number of pyridine rings is 1. The van der Waals surface area contributed by atoms with Gasteiger partial charge < -0.3 is 0 Å². The van der Waals surface area contributed by atoms with Crippen LogP contribution in [-0.4, -0.2) is 49.3 Å². The Kier molecular flexibility index (Phi) is 7.06. The molecule has 7 heteroatoms. The van der Waals surface area contributed by atoms with E-state index >= 15 is 0 Å². The quantitative estimate of drug-likeness (QED) is 0.247. The first-order valence-electron chi connectivity index (χ1n) is 9.84. The van der Waals surface area contributed by atoms with Gasteiger partial charge in [-0.05, 0) is 12.1 Å². The van der Waals surface area contributed by atoms with Crippen molar-refractivity contribution >= 4 is 56.7 Å². The van der Waals surface area contributed by atoms with Crippen LogP contribution in [0.15, 0.2) is 60.8 Å². The molecule has 0 aliphatic rings. The van der Waals surface area contributed by atoms with Crippen molar-refractivity contribution in [3.05, 3.63) is 82.6 Å². The van der Waals surface area contributed by atoms with E-state index in [0.717, 1.165) is 15.0 Å². The Balaban J connectivity index is 1.89. The summed E-state index contributed by atoms with van der Waals surface area (Å²) >= 11 is 3.38. The summed E-state index contributed by atoms with van der Waals surface area (Å²) in [5.74, 6) is -0.648. The van der Waals surface area contributed by atoms with Gasteiger partial charge in [0.2, 0.25) is 0 Å². The van der Waals surface area contributed by atoms with Gasteiger partial charge in [0.05, 0.1) is 0 Å². The second-order valence-corrected chi connectivity index (χ2v) is 23.1. The molecule has 0 aliphatic heterocycles. The fourth-order valence-electron chi connectivity index (χ4n) is 3.30. The fraction of sp³-hybridized carbons (Fsp3) is 0.208. The van der Waals surface area contributed by atoms with Crippen molar-refractivity contribution in [1.29, 1.82) is 0 Å². The number of anilines is 2. The minimum absolute atomic E-state index is 0.235. The maximum absolute atomic E-state index is 13.0. The molecule has 31 heavy (non-hydrogen) atoms. The number of hydrogen-bond donors (Lipinski definition) is 0. The molecule has 0 saturated heterocycles. The van der Waals surface area contributed by atoms with Crippen LogP contribution in [0, 0.1) is 0 Å². The van der Waals surface area contributed by atoms with Crippen molar-refractivity contribution in [1.82, 2.24) is 4.98 Å². The van der Waals surface area contributed by atoms with E-state index in [1.165, 1.54) is 7.11 Å². The van der Waals surface area contributed by atoms with E-state index < -0.39 is 24.3 Å². The van der Waals surface area contributed by atoms with Crippen LogP contribution < -0.4 is 8.48 Å². The van der Waals surface area contributed by atoms with Gasteiger partial charge in [0.15, 0.2) is 0 Å². The molecule has 0 saturated carbocycles. The zero-order chi connectivity index (χ0) is 22.8. The first-order chi connectivity index (χ1) is 14.6. The molecule has 0 aliphatic carbocycles. The second-order valence-electron chi connectivity index (χ2n) is 8.27. The van der Waals surface area contributed by atoms with Gasteiger partial charge >= 0.3 is 164 Å². The van der Waals surface area contributed by atoms with E-state index in [2.05, 4.69) is 19.8 Å². The van der Waals surface area contributed by atoms with Gasteiger partial charge in [0.25, 0.3) is 0 Å². The van der Waals surface area contributed by atoms with Gasteiger partial charge in [-0.3, -0.25) is 0 Å². The zero-order valence-electron chi connectivity index (χ0n) is 18.3. The normalized spacial score (nSPS) is 11.2. The van der Waals surface area contributed by atoms with E-state index in [-0.39, 0.29) is 5.78 Å². The molecule has 0 fully saturated rings. The molecule has 0 N–H and O–H groups in total. The number of hydrogen-bond acceptors (Lipinski definition) is 5. The van der Waals surface area contributed by atoms with E-state index in [1.807, 2.05) is 48.3 Å². The average Bonchev–Trinajstić information content (AvgIpc) is 2.77.